The van der Waals surface area contributed by atoms with E-state index < -0.39 is 0 Å². The molecule has 2 aliphatic rings. The molecule has 1 aliphatic carbocycles. The summed E-state index contributed by atoms with van der Waals surface area (Å²) in [5, 5.41) is 9.50. The summed E-state index contributed by atoms with van der Waals surface area (Å²) in [5.41, 5.74) is 3.49. The fraction of sp³-hybridized carbons (Fsp3) is 0.458. The van der Waals surface area contributed by atoms with E-state index in [0.717, 1.165) is 24.1 Å². The Balaban J connectivity index is 1.81. The number of carbonyl (C=O) groups is 1. The number of carbonyl (C=O) groups excluding carboxylic acids is 1. The molecular formula is C24H29N3O2. The predicted octanol–water partition coefficient (Wildman–Crippen LogP) is 3.89. The maximum absolute atomic E-state index is 13.1. The Labute approximate surface area is 172 Å². The highest BCUT2D eigenvalue weighted by Crippen LogP contribution is 2.37. The quantitative estimate of drug-likeness (QED) is 0.765. The summed E-state index contributed by atoms with van der Waals surface area (Å²) in [6, 6.07) is 4.56. The molecule has 0 fully saturated rings. The summed E-state index contributed by atoms with van der Waals surface area (Å²) in [6.45, 7) is 8.08. The molecule has 29 heavy (non-hydrogen) atoms. The number of nitrogens with one attached hydrogen (secondary N) is 1. The van der Waals surface area contributed by atoms with Gasteiger partial charge in [0, 0.05) is 35.2 Å². The van der Waals surface area contributed by atoms with Crippen LogP contribution >= 0.6 is 0 Å². The number of rotatable bonds is 7. The van der Waals surface area contributed by atoms with Gasteiger partial charge in [-0.25, -0.2) is 0 Å². The maximum Gasteiger partial charge on any atom is 0.251 e. The van der Waals surface area contributed by atoms with Crippen molar-refractivity contribution in [3.8, 4) is 6.07 Å². The average molecular weight is 392 g/mol. The van der Waals surface area contributed by atoms with Gasteiger partial charge in [-0.2, -0.15) is 5.26 Å². The van der Waals surface area contributed by atoms with Gasteiger partial charge in [-0.05, 0) is 63.1 Å². The molecule has 1 aromatic heterocycles. The first-order valence-corrected chi connectivity index (χ1v) is 10.4. The van der Waals surface area contributed by atoms with E-state index >= 15 is 0 Å². The van der Waals surface area contributed by atoms with Gasteiger partial charge in [0.05, 0.1) is 17.7 Å². The number of ketones is 1. The third-order valence-electron chi connectivity index (χ3n) is 6.11. The van der Waals surface area contributed by atoms with Crippen molar-refractivity contribution in [2.24, 2.45) is 5.92 Å². The SMILES string of the molecule is CCC(CC)N1C=CC2C(C(=O)CCc3c(C)cc(C)[nH]c3=O)=CC(C#N)=CC21. The van der Waals surface area contributed by atoms with Gasteiger partial charge in [0.2, 0.25) is 0 Å². The largest absolute Gasteiger partial charge is 0.367 e. The molecule has 0 aromatic carbocycles. The van der Waals surface area contributed by atoms with Gasteiger partial charge in [-0.1, -0.05) is 19.9 Å². The Morgan fingerprint density at radius 2 is 2.03 bits per heavy atom. The summed E-state index contributed by atoms with van der Waals surface area (Å²) in [5.74, 6) is -0.0196. The normalized spacial score (nSPS) is 20.3. The number of H-pyrrole nitrogens is 1. The van der Waals surface area contributed by atoms with E-state index in [1.54, 1.807) is 6.08 Å². The smallest absolute Gasteiger partial charge is 0.251 e. The van der Waals surface area contributed by atoms with Crippen LogP contribution in [-0.2, 0) is 11.2 Å². The average Bonchev–Trinajstić information content (AvgIpc) is 3.11. The van der Waals surface area contributed by atoms with Crippen molar-refractivity contribution in [1.29, 1.82) is 5.26 Å². The lowest BCUT2D eigenvalue weighted by atomic mass is 9.82. The first-order valence-electron chi connectivity index (χ1n) is 10.4. The van der Waals surface area contributed by atoms with E-state index in [1.165, 1.54) is 0 Å². The molecule has 0 bridgehead atoms. The van der Waals surface area contributed by atoms with Gasteiger partial charge in [-0.15, -0.1) is 0 Å². The second-order valence-corrected chi connectivity index (χ2v) is 7.98. The predicted molar refractivity (Wildman–Crippen MR) is 114 cm³/mol. The summed E-state index contributed by atoms with van der Waals surface area (Å²) < 4.78 is 0. The summed E-state index contributed by atoms with van der Waals surface area (Å²) in [4.78, 5) is 30.5. The fourth-order valence-corrected chi connectivity index (χ4v) is 4.55. The van der Waals surface area contributed by atoms with Crippen LogP contribution in [-0.4, -0.2) is 27.8 Å². The Kier molecular flexibility index (Phi) is 6.22. The van der Waals surface area contributed by atoms with E-state index in [0.29, 0.717) is 29.2 Å². The number of nitrogens with zero attached hydrogens (tertiary/aromatic N) is 2. The van der Waals surface area contributed by atoms with Crippen molar-refractivity contribution in [2.75, 3.05) is 0 Å². The number of Topliss-reactive ketones (excluding diaryl/α,β-unsaturated/α-hetero) is 1. The van der Waals surface area contributed by atoms with Crippen molar-refractivity contribution >= 4 is 5.78 Å². The number of hydrogen-bond acceptors (Lipinski definition) is 4. The third kappa shape index (κ3) is 4.12. The molecule has 152 valence electrons. The highest BCUT2D eigenvalue weighted by atomic mass is 16.1. The van der Waals surface area contributed by atoms with Crippen molar-refractivity contribution in [3.63, 3.8) is 0 Å². The van der Waals surface area contributed by atoms with Crippen LogP contribution in [0.1, 0.15) is 49.9 Å². The third-order valence-corrected chi connectivity index (χ3v) is 6.11. The van der Waals surface area contributed by atoms with E-state index in [2.05, 4.69) is 42.1 Å². The molecule has 1 N–H and O–H groups in total. The monoisotopic (exact) mass is 391 g/mol. The lowest BCUT2D eigenvalue weighted by molar-refractivity contribution is -0.116. The van der Waals surface area contributed by atoms with Crippen LogP contribution in [0.5, 0.6) is 0 Å². The van der Waals surface area contributed by atoms with E-state index in [4.69, 9.17) is 0 Å². The van der Waals surface area contributed by atoms with Crippen molar-refractivity contribution in [1.82, 2.24) is 9.88 Å². The molecule has 0 amide bonds. The summed E-state index contributed by atoms with van der Waals surface area (Å²) in [6.07, 6.45) is 10.6. The number of aromatic amines is 1. The van der Waals surface area contributed by atoms with Crippen LogP contribution in [0.3, 0.4) is 0 Å². The second kappa shape index (κ2) is 8.65. The van der Waals surface area contributed by atoms with Crippen molar-refractivity contribution in [3.05, 3.63) is 68.8 Å². The van der Waals surface area contributed by atoms with Crippen LogP contribution < -0.4 is 5.56 Å². The molecule has 2 atom stereocenters. The topological polar surface area (TPSA) is 77.0 Å². The summed E-state index contributed by atoms with van der Waals surface area (Å²) in [7, 11) is 0. The van der Waals surface area contributed by atoms with E-state index in [9.17, 15) is 14.9 Å². The maximum atomic E-state index is 13.1. The minimum Gasteiger partial charge on any atom is -0.367 e. The number of pyridine rings is 1. The lowest BCUT2D eigenvalue weighted by Crippen LogP contribution is -2.40. The zero-order chi connectivity index (χ0) is 21.1. The van der Waals surface area contributed by atoms with Gasteiger partial charge in [0.25, 0.3) is 5.56 Å². The molecule has 0 spiro atoms. The highest BCUT2D eigenvalue weighted by molar-refractivity contribution is 5.97. The molecule has 3 rings (SSSR count). The van der Waals surface area contributed by atoms with Crippen molar-refractivity contribution < 1.29 is 4.79 Å². The first-order chi connectivity index (χ1) is 13.9. The molecule has 2 heterocycles. The second-order valence-electron chi connectivity index (χ2n) is 7.98. The zero-order valence-electron chi connectivity index (χ0n) is 17.7. The molecule has 0 saturated carbocycles. The van der Waals surface area contributed by atoms with Crippen LogP contribution in [0.25, 0.3) is 0 Å². The Morgan fingerprint density at radius 3 is 2.66 bits per heavy atom. The Bertz CT molecular complexity index is 986. The molecule has 5 nitrogen and oxygen atoms in total. The molecule has 2 unspecified atom stereocenters. The van der Waals surface area contributed by atoms with Gasteiger partial charge < -0.3 is 9.88 Å². The van der Waals surface area contributed by atoms with E-state index in [1.807, 2.05) is 26.0 Å². The number of aromatic nitrogens is 1. The standard InChI is InChI=1S/C24H29N3O2/c1-5-18(6-2)27-10-9-20-21(12-17(14-25)13-22(20)27)23(28)8-7-19-15(3)11-16(4)26-24(19)29/h9-13,18,20,22H,5-8H2,1-4H3,(H,26,29). The minimum atomic E-state index is -0.121. The first kappa shape index (κ1) is 20.9. The Morgan fingerprint density at radius 1 is 1.31 bits per heavy atom. The lowest BCUT2D eigenvalue weighted by Gasteiger charge is -2.36. The van der Waals surface area contributed by atoms with Crippen LogP contribution in [0, 0.1) is 31.1 Å². The van der Waals surface area contributed by atoms with Gasteiger partial charge >= 0.3 is 0 Å². The number of hydrogen-bond donors (Lipinski definition) is 1. The molecule has 0 radical (unpaired) electrons. The molecule has 0 saturated heterocycles. The van der Waals surface area contributed by atoms with Crippen molar-refractivity contribution in [2.45, 2.75) is 65.5 Å². The molecule has 1 aromatic rings. The van der Waals surface area contributed by atoms with Gasteiger partial charge in [0.15, 0.2) is 5.78 Å². The summed E-state index contributed by atoms with van der Waals surface area (Å²) >= 11 is 0. The van der Waals surface area contributed by atoms with E-state index in [-0.39, 0.29) is 29.7 Å². The van der Waals surface area contributed by atoms with Gasteiger partial charge in [0.1, 0.15) is 0 Å². The van der Waals surface area contributed by atoms with Crippen LogP contribution in [0.2, 0.25) is 0 Å². The molecule has 5 heteroatoms. The highest BCUT2D eigenvalue weighted by Gasteiger charge is 2.37. The van der Waals surface area contributed by atoms with Crippen LogP contribution in [0.15, 0.2) is 46.4 Å². The number of allylic oxidation sites excluding steroid dienone is 2. The van der Waals surface area contributed by atoms with Gasteiger partial charge in [-0.3, -0.25) is 9.59 Å². The fourth-order valence-electron chi connectivity index (χ4n) is 4.55. The Hall–Kier alpha value is -2.87. The van der Waals surface area contributed by atoms with Crippen LogP contribution in [0.4, 0.5) is 0 Å². The molecule has 1 aliphatic heterocycles. The zero-order valence-corrected chi connectivity index (χ0v) is 17.7. The minimum absolute atomic E-state index is 0.0104. The number of fused-ring (bicyclic) bond motifs is 1. The number of nitriles is 1. The molecular weight excluding hydrogens is 362 g/mol. The number of aryl methyl sites for hydroxylation is 2.